The standard InChI is InChI=1S/C21H38N4O4.HI/c1-8-21(9-2,25-18(26)29-19(4,5)6)15-24-17(22-10-3)23-14-20(7,27)16-12-11-13-28-16;/h11-13,27H,8-10,14-15H2,1-7H3,(H,25,26)(H2,22,23,24);1H. The number of furan rings is 1. The summed E-state index contributed by atoms with van der Waals surface area (Å²) in [6.45, 7) is 14.4. The van der Waals surface area contributed by atoms with Crippen LogP contribution in [0.4, 0.5) is 4.79 Å². The van der Waals surface area contributed by atoms with E-state index in [-0.39, 0.29) is 30.5 Å². The molecule has 0 saturated carbocycles. The van der Waals surface area contributed by atoms with E-state index in [1.165, 1.54) is 6.26 Å². The monoisotopic (exact) mass is 538 g/mol. The van der Waals surface area contributed by atoms with E-state index < -0.39 is 22.8 Å². The van der Waals surface area contributed by atoms with Gasteiger partial charge in [-0.15, -0.1) is 24.0 Å². The highest BCUT2D eigenvalue weighted by Crippen LogP contribution is 2.21. The number of alkyl carbamates (subject to hydrolysis) is 1. The molecule has 1 amide bonds. The van der Waals surface area contributed by atoms with Crippen LogP contribution in [0.3, 0.4) is 0 Å². The first-order valence-electron chi connectivity index (χ1n) is 10.3. The Labute approximate surface area is 197 Å². The van der Waals surface area contributed by atoms with Gasteiger partial charge in [0.1, 0.15) is 17.0 Å². The number of ether oxygens (including phenoxy) is 1. The van der Waals surface area contributed by atoms with Crippen LogP contribution in [0, 0.1) is 0 Å². The molecule has 0 bridgehead atoms. The molecule has 0 aliphatic heterocycles. The summed E-state index contributed by atoms with van der Waals surface area (Å²) in [4.78, 5) is 16.8. The Bertz CT molecular complexity index is 650. The van der Waals surface area contributed by atoms with E-state index in [0.29, 0.717) is 24.8 Å². The minimum absolute atomic E-state index is 0. The minimum atomic E-state index is -1.22. The largest absolute Gasteiger partial charge is 0.466 e. The van der Waals surface area contributed by atoms with E-state index in [2.05, 4.69) is 20.9 Å². The van der Waals surface area contributed by atoms with E-state index in [1.807, 2.05) is 41.5 Å². The molecule has 1 heterocycles. The third kappa shape index (κ3) is 9.55. The number of carbonyl (C=O) groups is 1. The first kappa shape index (κ1) is 28.5. The average molecular weight is 538 g/mol. The fourth-order valence-corrected chi connectivity index (χ4v) is 2.73. The van der Waals surface area contributed by atoms with Gasteiger partial charge in [0.2, 0.25) is 0 Å². The van der Waals surface area contributed by atoms with Gasteiger partial charge in [-0.3, -0.25) is 0 Å². The molecule has 1 rings (SSSR count). The topological polar surface area (TPSA) is 108 Å². The minimum Gasteiger partial charge on any atom is -0.466 e. The van der Waals surface area contributed by atoms with Crippen LogP contribution in [0.2, 0.25) is 0 Å². The molecule has 1 aromatic heterocycles. The summed E-state index contributed by atoms with van der Waals surface area (Å²) in [7, 11) is 0. The number of carbonyl (C=O) groups excluding carboxylic acids is 1. The van der Waals surface area contributed by atoms with Crippen LogP contribution in [0.25, 0.3) is 0 Å². The summed E-state index contributed by atoms with van der Waals surface area (Å²) in [5, 5.41) is 20.1. The number of aliphatic hydroxyl groups is 1. The lowest BCUT2D eigenvalue weighted by atomic mass is 9.93. The summed E-state index contributed by atoms with van der Waals surface area (Å²) in [6, 6.07) is 3.45. The van der Waals surface area contributed by atoms with Crippen LogP contribution in [-0.2, 0) is 10.3 Å². The number of nitrogens with one attached hydrogen (secondary N) is 3. The lowest BCUT2D eigenvalue weighted by Gasteiger charge is -2.34. The maximum absolute atomic E-state index is 12.3. The Hall–Kier alpha value is -1.49. The molecular formula is C21H39IN4O4. The van der Waals surface area contributed by atoms with Crippen LogP contribution in [0.15, 0.2) is 27.8 Å². The number of halogens is 1. The SMILES string of the molecule is CCNC(=NCC(C)(O)c1ccco1)NCC(CC)(CC)NC(=O)OC(C)(C)C.I. The molecule has 0 aliphatic rings. The summed E-state index contributed by atoms with van der Waals surface area (Å²) in [6.07, 6.45) is 2.53. The van der Waals surface area contributed by atoms with Crippen molar-refractivity contribution in [1.29, 1.82) is 0 Å². The predicted molar refractivity (Wildman–Crippen MR) is 130 cm³/mol. The first-order chi connectivity index (χ1) is 13.5. The highest BCUT2D eigenvalue weighted by atomic mass is 127. The van der Waals surface area contributed by atoms with Gasteiger partial charge in [-0.2, -0.15) is 0 Å². The van der Waals surface area contributed by atoms with Crippen molar-refractivity contribution >= 4 is 36.0 Å². The normalized spacial score (nSPS) is 14.3. The molecule has 0 saturated heterocycles. The molecule has 1 unspecified atom stereocenters. The zero-order valence-corrected chi connectivity index (χ0v) is 21.6. The maximum Gasteiger partial charge on any atom is 0.408 e. The zero-order chi connectivity index (χ0) is 22.1. The summed E-state index contributed by atoms with van der Waals surface area (Å²) in [5.74, 6) is 1.01. The van der Waals surface area contributed by atoms with Crippen molar-refractivity contribution in [3.05, 3.63) is 24.2 Å². The van der Waals surface area contributed by atoms with Gasteiger partial charge in [0.25, 0.3) is 0 Å². The predicted octanol–water partition coefficient (Wildman–Crippen LogP) is 3.74. The lowest BCUT2D eigenvalue weighted by molar-refractivity contribution is 0.0437. The Kier molecular flexibility index (Phi) is 11.8. The number of nitrogens with zero attached hydrogens (tertiary/aromatic N) is 1. The van der Waals surface area contributed by atoms with Gasteiger partial charge < -0.3 is 30.2 Å². The zero-order valence-electron chi connectivity index (χ0n) is 19.3. The van der Waals surface area contributed by atoms with E-state index in [9.17, 15) is 9.90 Å². The van der Waals surface area contributed by atoms with E-state index in [1.54, 1.807) is 19.1 Å². The number of hydrogen-bond donors (Lipinski definition) is 4. The van der Waals surface area contributed by atoms with E-state index in [0.717, 1.165) is 12.8 Å². The molecule has 0 fully saturated rings. The number of amides is 1. The van der Waals surface area contributed by atoms with Gasteiger partial charge in [-0.1, -0.05) is 13.8 Å². The molecular weight excluding hydrogens is 499 g/mol. The number of rotatable bonds is 9. The fourth-order valence-electron chi connectivity index (χ4n) is 2.73. The summed E-state index contributed by atoms with van der Waals surface area (Å²) >= 11 is 0. The number of aliphatic imine (C=N–C) groups is 1. The van der Waals surface area contributed by atoms with Crippen LogP contribution < -0.4 is 16.0 Å². The van der Waals surface area contributed by atoms with Crippen LogP contribution in [0.1, 0.15) is 67.1 Å². The summed E-state index contributed by atoms with van der Waals surface area (Å²) < 4.78 is 10.7. The van der Waals surface area contributed by atoms with Gasteiger partial charge in [-0.25, -0.2) is 9.79 Å². The molecule has 30 heavy (non-hydrogen) atoms. The third-order valence-corrected chi connectivity index (χ3v) is 4.66. The Morgan fingerprint density at radius 1 is 1.17 bits per heavy atom. The van der Waals surface area contributed by atoms with E-state index >= 15 is 0 Å². The van der Waals surface area contributed by atoms with Crippen molar-refractivity contribution in [3.8, 4) is 0 Å². The fraction of sp³-hybridized carbons (Fsp3) is 0.714. The van der Waals surface area contributed by atoms with Gasteiger partial charge in [0.15, 0.2) is 5.96 Å². The molecule has 1 aromatic rings. The summed E-state index contributed by atoms with van der Waals surface area (Å²) in [5.41, 5.74) is -2.26. The van der Waals surface area contributed by atoms with Gasteiger partial charge in [0.05, 0.1) is 18.3 Å². The molecule has 1 atom stereocenters. The van der Waals surface area contributed by atoms with Crippen molar-refractivity contribution in [2.45, 2.75) is 78.0 Å². The Morgan fingerprint density at radius 3 is 2.27 bits per heavy atom. The highest BCUT2D eigenvalue weighted by molar-refractivity contribution is 14.0. The molecule has 174 valence electrons. The van der Waals surface area contributed by atoms with Crippen LogP contribution in [0.5, 0.6) is 0 Å². The second-order valence-electron chi connectivity index (χ2n) is 8.41. The van der Waals surface area contributed by atoms with Crippen LogP contribution >= 0.6 is 24.0 Å². The number of guanidine groups is 1. The molecule has 0 aromatic carbocycles. The van der Waals surface area contributed by atoms with Gasteiger partial charge in [-0.05, 0) is 59.6 Å². The van der Waals surface area contributed by atoms with Crippen molar-refractivity contribution in [2.75, 3.05) is 19.6 Å². The Morgan fingerprint density at radius 2 is 1.80 bits per heavy atom. The van der Waals surface area contributed by atoms with Crippen molar-refractivity contribution in [1.82, 2.24) is 16.0 Å². The van der Waals surface area contributed by atoms with Crippen molar-refractivity contribution in [2.24, 2.45) is 4.99 Å². The molecule has 0 aliphatic carbocycles. The highest BCUT2D eigenvalue weighted by Gasteiger charge is 2.31. The van der Waals surface area contributed by atoms with Crippen molar-refractivity contribution < 1.29 is 19.1 Å². The quantitative estimate of drug-likeness (QED) is 0.217. The first-order valence-corrected chi connectivity index (χ1v) is 10.3. The molecule has 8 nitrogen and oxygen atoms in total. The second kappa shape index (κ2) is 12.4. The third-order valence-electron chi connectivity index (χ3n) is 4.66. The van der Waals surface area contributed by atoms with E-state index in [4.69, 9.17) is 9.15 Å². The van der Waals surface area contributed by atoms with Gasteiger partial charge in [0, 0.05) is 13.1 Å². The Balaban J connectivity index is 0.00000841. The average Bonchev–Trinajstić information content (AvgIpc) is 3.17. The maximum atomic E-state index is 12.3. The molecule has 0 spiro atoms. The smallest absolute Gasteiger partial charge is 0.408 e. The van der Waals surface area contributed by atoms with Crippen molar-refractivity contribution in [3.63, 3.8) is 0 Å². The van der Waals surface area contributed by atoms with Crippen LogP contribution in [-0.4, -0.2) is 47.9 Å². The second-order valence-corrected chi connectivity index (χ2v) is 8.41. The molecule has 4 N–H and O–H groups in total. The molecule has 9 heteroatoms. The van der Waals surface area contributed by atoms with Gasteiger partial charge >= 0.3 is 6.09 Å². The lowest BCUT2D eigenvalue weighted by Crippen LogP contribution is -2.57. The molecule has 0 radical (unpaired) electrons. The number of hydrogen-bond acceptors (Lipinski definition) is 5.